The van der Waals surface area contributed by atoms with E-state index < -0.39 is 41.9 Å². The van der Waals surface area contributed by atoms with Crippen LogP contribution < -0.4 is 16.4 Å². The molecule has 210 valence electrons. The van der Waals surface area contributed by atoms with Crippen molar-refractivity contribution in [1.29, 1.82) is 0 Å². The Balaban J connectivity index is 1.33. The van der Waals surface area contributed by atoms with Gasteiger partial charge in [0.25, 0.3) is 11.8 Å². The Labute approximate surface area is 233 Å². The molecule has 3 aromatic carbocycles. The first-order valence-electron chi connectivity index (χ1n) is 13.4. The number of rotatable bonds is 13. The molecule has 4 rings (SSSR count). The van der Waals surface area contributed by atoms with Crippen LogP contribution in [0.3, 0.4) is 0 Å². The first-order chi connectivity index (χ1) is 19.1. The van der Waals surface area contributed by atoms with Crippen molar-refractivity contribution in [3.63, 3.8) is 0 Å². The van der Waals surface area contributed by atoms with Crippen molar-refractivity contribution < 1.29 is 29.0 Å². The molecule has 0 spiro atoms. The summed E-state index contributed by atoms with van der Waals surface area (Å²) in [4.78, 5) is 50.9. The average Bonchev–Trinajstić information content (AvgIpc) is 3.73. The first-order valence-corrected chi connectivity index (χ1v) is 13.4. The van der Waals surface area contributed by atoms with E-state index in [1.165, 1.54) is 12.1 Å². The first kappa shape index (κ1) is 28.8. The molecular formula is C31H35N3O6. The van der Waals surface area contributed by atoms with Crippen molar-refractivity contribution >= 4 is 34.3 Å². The van der Waals surface area contributed by atoms with Crippen LogP contribution in [0, 0.1) is 11.8 Å². The number of carbonyl (C=O) groups is 4. The lowest BCUT2D eigenvalue weighted by molar-refractivity contribution is -0.131. The summed E-state index contributed by atoms with van der Waals surface area (Å²) in [6.07, 6.45) is -1.47. The van der Waals surface area contributed by atoms with Crippen LogP contribution in [0.5, 0.6) is 5.75 Å². The Morgan fingerprint density at radius 1 is 0.925 bits per heavy atom. The third-order valence-corrected chi connectivity index (χ3v) is 7.02. The van der Waals surface area contributed by atoms with E-state index in [0.29, 0.717) is 13.0 Å². The number of amides is 3. The van der Waals surface area contributed by atoms with Crippen LogP contribution in [0.4, 0.5) is 0 Å². The van der Waals surface area contributed by atoms with Crippen molar-refractivity contribution in [1.82, 2.24) is 10.6 Å². The minimum Gasteiger partial charge on any atom is -0.508 e. The van der Waals surface area contributed by atoms with Crippen LogP contribution in [-0.4, -0.2) is 46.9 Å². The Kier molecular flexibility index (Phi) is 9.16. The standard InChI is InChI=1S/C31H35N3O6/c1-18(2)14-25(26(36)16-22(29(32)37)15-19-10-12-23(35)13-11-19)34-31(39)28-27(40-28)30(38)33-17-21-8-5-7-20-6-3-4-9-24(20)21/h3-13,18,22,25,27-28,35H,14-17H2,1-2H3,(H2,32,37)(H,33,38)(H,34,39)/t22-,25+,27+,28+/m1/s1. The van der Waals surface area contributed by atoms with Crippen LogP contribution in [0.2, 0.25) is 0 Å². The molecule has 9 heteroatoms. The van der Waals surface area contributed by atoms with E-state index >= 15 is 0 Å². The largest absolute Gasteiger partial charge is 0.508 e. The molecule has 4 atom stereocenters. The molecule has 0 radical (unpaired) electrons. The fourth-order valence-corrected chi connectivity index (χ4v) is 4.81. The fourth-order valence-electron chi connectivity index (χ4n) is 4.81. The van der Waals surface area contributed by atoms with Gasteiger partial charge >= 0.3 is 0 Å². The van der Waals surface area contributed by atoms with Crippen LogP contribution in [0.25, 0.3) is 10.8 Å². The predicted molar refractivity (Wildman–Crippen MR) is 150 cm³/mol. The van der Waals surface area contributed by atoms with Gasteiger partial charge in [-0.3, -0.25) is 19.2 Å². The highest BCUT2D eigenvalue weighted by molar-refractivity contribution is 5.98. The van der Waals surface area contributed by atoms with Gasteiger partial charge in [-0.25, -0.2) is 0 Å². The van der Waals surface area contributed by atoms with Crippen molar-refractivity contribution in [3.8, 4) is 5.75 Å². The van der Waals surface area contributed by atoms with Gasteiger partial charge in [0.1, 0.15) is 5.75 Å². The van der Waals surface area contributed by atoms with Gasteiger partial charge in [-0.2, -0.15) is 0 Å². The second kappa shape index (κ2) is 12.7. The van der Waals surface area contributed by atoms with Crippen molar-refractivity contribution in [3.05, 3.63) is 77.9 Å². The Morgan fingerprint density at radius 3 is 2.30 bits per heavy atom. The highest BCUT2D eigenvalue weighted by Gasteiger charge is 2.51. The van der Waals surface area contributed by atoms with Gasteiger partial charge in [0.15, 0.2) is 18.0 Å². The van der Waals surface area contributed by atoms with E-state index in [4.69, 9.17) is 10.5 Å². The van der Waals surface area contributed by atoms with Crippen LogP contribution in [0.1, 0.15) is 37.8 Å². The van der Waals surface area contributed by atoms with Gasteiger partial charge in [0, 0.05) is 18.9 Å². The molecule has 0 aromatic heterocycles. The monoisotopic (exact) mass is 545 g/mol. The molecule has 40 heavy (non-hydrogen) atoms. The predicted octanol–water partition coefficient (Wildman–Crippen LogP) is 2.76. The van der Waals surface area contributed by atoms with Gasteiger partial charge in [0.05, 0.1) is 6.04 Å². The molecule has 1 aliphatic rings. The second-order valence-electron chi connectivity index (χ2n) is 10.7. The van der Waals surface area contributed by atoms with Gasteiger partial charge in [0.2, 0.25) is 5.91 Å². The second-order valence-corrected chi connectivity index (χ2v) is 10.7. The Hall–Kier alpha value is -4.24. The summed E-state index contributed by atoms with van der Waals surface area (Å²) in [5, 5.41) is 17.2. The average molecular weight is 546 g/mol. The summed E-state index contributed by atoms with van der Waals surface area (Å²) in [6, 6.07) is 19.2. The van der Waals surface area contributed by atoms with Gasteiger partial charge < -0.3 is 26.2 Å². The number of hydrogen-bond acceptors (Lipinski definition) is 6. The minimum absolute atomic E-state index is 0.0817. The number of aromatic hydroxyl groups is 1. The van der Waals surface area contributed by atoms with Crippen LogP contribution in [-0.2, 0) is 36.9 Å². The third kappa shape index (κ3) is 7.45. The van der Waals surface area contributed by atoms with Gasteiger partial charge in [-0.05, 0) is 52.8 Å². The number of hydrogen-bond donors (Lipinski definition) is 4. The molecule has 0 saturated carbocycles. The summed E-state index contributed by atoms with van der Waals surface area (Å²) >= 11 is 0. The number of carbonyl (C=O) groups excluding carboxylic acids is 4. The molecular weight excluding hydrogens is 510 g/mol. The number of ether oxygens (including phenoxy) is 1. The van der Waals surface area contributed by atoms with E-state index in [2.05, 4.69) is 10.6 Å². The lowest BCUT2D eigenvalue weighted by Crippen LogP contribution is -2.46. The normalized spacial score (nSPS) is 17.7. The van der Waals surface area contributed by atoms with Gasteiger partial charge in [-0.15, -0.1) is 0 Å². The smallest absolute Gasteiger partial charge is 0.253 e. The Bertz CT molecular complexity index is 1380. The zero-order chi connectivity index (χ0) is 28.8. The highest BCUT2D eigenvalue weighted by Crippen LogP contribution is 2.25. The molecule has 1 fully saturated rings. The topological polar surface area (TPSA) is 151 Å². The van der Waals surface area contributed by atoms with Gasteiger partial charge in [-0.1, -0.05) is 68.4 Å². The minimum atomic E-state index is -0.987. The lowest BCUT2D eigenvalue weighted by Gasteiger charge is -2.21. The maximum Gasteiger partial charge on any atom is 0.253 e. The molecule has 0 bridgehead atoms. The van der Waals surface area contributed by atoms with Crippen molar-refractivity contribution in [2.75, 3.05) is 0 Å². The number of epoxide rings is 1. The van der Waals surface area contributed by atoms with E-state index in [1.807, 2.05) is 56.3 Å². The maximum absolute atomic E-state index is 13.2. The number of Topliss-reactive ketones (excluding diaryl/α,β-unsaturated/α-hetero) is 1. The molecule has 1 heterocycles. The van der Waals surface area contributed by atoms with E-state index in [1.54, 1.807) is 12.1 Å². The molecule has 0 unspecified atom stereocenters. The zero-order valence-corrected chi connectivity index (χ0v) is 22.6. The van der Waals surface area contributed by atoms with Crippen molar-refractivity contribution in [2.45, 2.75) is 57.9 Å². The van der Waals surface area contributed by atoms with Crippen LogP contribution >= 0.6 is 0 Å². The molecule has 3 amide bonds. The molecule has 0 aliphatic carbocycles. The molecule has 1 aliphatic heterocycles. The van der Waals surface area contributed by atoms with E-state index in [-0.39, 0.29) is 30.3 Å². The Morgan fingerprint density at radius 2 is 1.60 bits per heavy atom. The van der Waals surface area contributed by atoms with Crippen molar-refractivity contribution in [2.24, 2.45) is 17.6 Å². The number of fused-ring (bicyclic) bond motifs is 1. The SMILES string of the molecule is CC(C)C[C@H](NC(=O)[C@H]1O[C@@H]1C(=O)NCc1cccc2ccccc12)C(=O)C[C@@H](Cc1ccc(O)cc1)C(N)=O. The van der Waals surface area contributed by atoms with Crippen LogP contribution in [0.15, 0.2) is 66.7 Å². The number of ketones is 1. The molecule has 5 N–H and O–H groups in total. The van der Waals surface area contributed by atoms with E-state index in [9.17, 15) is 24.3 Å². The highest BCUT2D eigenvalue weighted by atomic mass is 16.6. The summed E-state index contributed by atoms with van der Waals surface area (Å²) in [5.41, 5.74) is 7.29. The summed E-state index contributed by atoms with van der Waals surface area (Å²) in [7, 11) is 0. The van der Waals surface area contributed by atoms with E-state index in [0.717, 1.165) is 21.9 Å². The lowest BCUT2D eigenvalue weighted by atomic mass is 9.89. The number of phenolic OH excluding ortho intramolecular Hbond substituents is 1. The number of primary amides is 1. The molecule has 1 saturated heterocycles. The number of benzene rings is 3. The molecule has 3 aromatic rings. The summed E-state index contributed by atoms with van der Waals surface area (Å²) in [5.74, 6) is -2.47. The molecule has 9 nitrogen and oxygen atoms in total. The fraction of sp³-hybridized carbons (Fsp3) is 0.355. The third-order valence-electron chi connectivity index (χ3n) is 7.02. The summed E-state index contributed by atoms with van der Waals surface area (Å²) in [6.45, 7) is 4.13. The number of nitrogens with two attached hydrogens (primary N) is 1. The summed E-state index contributed by atoms with van der Waals surface area (Å²) < 4.78 is 5.38. The zero-order valence-electron chi connectivity index (χ0n) is 22.6. The quantitative estimate of drug-likeness (QED) is 0.243. The number of phenols is 1. The maximum atomic E-state index is 13.2. The number of nitrogens with one attached hydrogen (secondary N) is 2.